The number of hydrogen-bond donors (Lipinski definition) is 5. The molecule has 0 spiro atoms. The van der Waals surface area contributed by atoms with Crippen molar-refractivity contribution in [2.75, 3.05) is 13.1 Å². The molecule has 2 aliphatic heterocycles. The summed E-state index contributed by atoms with van der Waals surface area (Å²) in [6.07, 6.45) is 4.80. The molecule has 1 fully saturated rings. The molecule has 8 heteroatoms. The van der Waals surface area contributed by atoms with Crippen molar-refractivity contribution in [3.8, 4) is 0 Å². The maximum absolute atomic E-state index is 11.1. The SMILES string of the molecule is O=C(O)C1=CC(=CC[NH+]2CCCC2C(=O)O)CC(C(=O)O)N1. The molecule has 0 aromatic rings. The van der Waals surface area contributed by atoms with Crippen LogP contribution in [0.4, 0.5) is 0 Å². The predicted octanol–water partition coefficient (Wildman–Crippen LogP) is -1.54. The Bertz CT molecular complexity index is 554. The lowest BCUT2D eigenvalue weighted by atomic mass is 10.00. The number of likely N-dealkylation sites (tertiary alicyclic amines) is 1. The van der Waals surface area contributed by atoms with Crippen LogP contribution in [0, 0.1) is 0 Å². The number of quaternary nitrogens is 1. The van der Waals surface area contributed by atoms with Gasteiger partial charge >= 0.3 is 17.9 Å². The summed E-state index contributed by atoms with van der Waals surface area (Å²) in [6.45, 7) is 1.19. The third-order valence-corrected chi connectivity index (χ3v) is 4.04. The van der Waals surface area contributed by atoms with Gasteiger partial charge in [-0.1, -0.05) is 0 Å². The van der Waals surface area contributed by atoms with E-state index in [2.05, 4.69) is 5.32 Å². The largest absolute Gasteiger partial charge is 0.480 e. The monoisotopic (exact) mass is 311 g/mol. The van der Waals surface area contributed by atoms with Crippen LogP contribution in [0.15, 0.2) is 23.4 Å². The summed E-state index contributed by atoms with van der Waals surface area (Å²) in [4.78, 5) is 34.2. The molecule has 2 aliphatic rings. The van der Waals surface area contributed by atoms with Crippen molar-refractivity contribution in [2.24, 2.45) is 0 Å². The second kappa shape index (κ2) is 6.61. The van der Waals surface area contributed by atoms with Crippen molar-refractivity contribution in [1.29, 1.82) is 0 Å². The Kier molecular flexibility index (Phi) is 4.81. The second-order valence-electron chi connectivity index (χ2n) is 5.53. The number of hydrogen-bond acceptors (Lipinski definition) is 4. The average Bonchev–Trinajstić information content (AvgIpc) is 2.93. The van der Waals surface area contributed by atoms with E-state index in [9.17, 15) is 14.4 Å². The van der Waals surface area contributed by atoms with E-state index in [4.69, 9.17) is 15.3 Å². The van der Waals surface area contributed by atoms with E-state index in [1.165, 1.54) is 6.08 Å². The van der Waals surface area contributed by atoms with Crippen LogP contribution in [0.1, 0.15) is 19.3 Å². The number of nitrogens with one attached hydrogen (secondary N) is 2. The molecule has 2 rings (SSSR count). The normalized spacial score (nSPS) is 29.7. The van der Waals surface area contributed by atoms with Gasteiger partial charge in [-0.25, -0.2) is 14.4 Å². The predicted molar refractivity (Wildman–Crippen MR) is 74.3 cm³/mol. The lowest BCUT2D eigenvalue weighted by molar-refractivity contribution is -0.897. The van der Waals surface area contributed by atoms with Gasteiger partial charge in [0.05, 0.1) is 13.1 Å². The highest BCUT2D eigenvalue weighted by molar-refractivity contribution is 5.89. The lowest BCUT2D eigenvalue weighted by Gasteiger charge is -2.23. The first-order valence-electron chi connectivity index (χ1n) is 7.09. The molecule has 0 amide bonds. The van der Waals surface area contributed by atoms with Crippen LogP contribution in [-0.2, 0) is 14.4 Å². The van der Waals surface area contributed by atoms with Gasteiger partial charge < -0.3 is 25.5 Å². The van der Waals surface area contributed by atoms with Gasteiger partial charge in [0.25, 0.3) is 0 Å². The smallest absolute Gasteiger partial charge is 0.362 e. The molecule has 0 saturated carbocycles. The summed E-state index contributed by atoms with van der Waals surface area (Å²) in [6, 6.07) is -1.43. The molecule has 0 aliphatic carbocycles. The highest BCUT2D eigenvalue weighted by atomic mass is 16.4. The average molecular weight is 311 g/mol. The molecule has 5 N–H and O–H groups in total. The van der Waals surface area contributed by atoms with Crippen LogP contribution in [0.2, 0.25) is 0 Å². The third kappa shape index (κ3) is 3.64. The first-order chi connectivity index (χ1) is 10.4. The fourth-order valence-electron chi connectivity index (χ4n) is 2.89. The van der Waals surface area contributed by atoms with Gasteiger partial charge in [-0.15, -0.1) is 0 Å². The van der Waals surface area contributed by atoms with Crippen molar-refractivity contribution >= 4 is 17.9 Å². The number of carbonyl (C=O) groups is 3. The van der Waals surface area contributed by atoms with Crippen LogP contribution in [0.5, 0.6) is 0 Å². The van der Waals surface area contributed by atoms with Crippen LogP contribution in [-0.4, -0.2) is 58.4 Å². The van der Waals surface area contributed by atoms with Crippen LogP contribution >= 0.6 is 0 Å². The zero-order valence-electron chi connectivity index (χ0n) is 11.9. The first kappa shape index (κ1) is 16.0. The van der Waals surface area contributed by atoms with Gasteiger partial charge in [0.1, 0.15) is 11.7 Å². The molecule has 0 aromatic heterocycles. The molecule has 3 atom stereocenters. The maximum atomic E-state index is 11.1. The molecular weight excluding hydrogens is 292 g/mol. The minimum absolute atomic E-state index is 0.156. The van der Waals surface area contributed by atoms with E-state index in [-0.39, 0.29) is 12.1 Å². The Morgan fingerprint density at radius 1 is 1.27 bits per heavy atom. The van der Waals surface area contributed by atoms with Crippen molar-refractivity contribution in [1.82, 2.24) is 5.32 Å². The molecule has 3 unspecified atom stereocenters. The molecule has 1 saturated heterocycles. The Morgan fingerprint density at radius 2 is 2.00 bits per heavy atom. The van der Waals surface area contributed by atoms with Gasteiger partial charge in [0.15, 0.2) is 6.04 Å². The minimum atomic E-state index is -1.21. The third-order valence-electron chi connectivity index (χ3n) is 4.04. The molecule has 120 valence electrons. The Morgan fingerprint density at radius 3 is 2.59 bits per heavy atom. The number of aliphatic carboxylic acids is 3. The summed E-state index contributed by atoms with van der Waals surface area (Å²) in [5.74, 6) is -3.16. The topological polar surface area (TPSA) is 128 Å². The number of carboxylic acid groups (broad SMARTS) is 3. The van der Waals surface area contributed by atoms with Crippen LogP contribution in [0.25, 0.3) is 0 Å². The molecule has 0 bridgehead atoms. The van der Waals surface area contributed by atoms with Crippen molar-refractivity contribution in [2.45, 2.75) is 31.3 Å². The summed E-state index contributed by atoms with van der Waals surface area (Å²) < 4.78 is 0. The second-order valence-corrected chi connectivity index (χ2v) is 5.53. The van der Waals surface area contributed by atoms with E-state index in [0.29, 0.717) is 18.5 Å². The number of rotatable bonds is 5. The standard InChI is InChI=1S/C14H18N2O6/c17-12(18)9-6-8(7-10(15-9)13(19)20)3-5-16-4-1-2-11(16)14(21)22/h3,6,10-11,15H,1-2,4-5,7H2,(H,17,18)(H,19,20)(H,21,22)/p+1. The minimum Gasteiger partial charge on any atom is -0.480 e. The molecule has 0 radical (unpaired) electrons. The van der Waals surface area contributed by atoms with E-state index in [1.807, 2.05) is 0 Å². The fourth-order valence-corrected chi connectivity index (χ4v) is 2.89. The number of allylic oxidation sites excluding steroid dienone is 1. The quantitative estimate of drug-likeness (QED) is 0.416. The van der Waals surface area contributed by atoms with E-state index < -0.39 is 30.0 Å². The van der Waals surface area contributed by atoms with Crippen LogP contribution in [0.3, 0.4) is 0 Å². The zero-order valence-corrected chi connectivity index (χ0v) is 11.9. The lowest BCUT2D eigenvalue weighted by Crippen LogP contribution is -3.14. The first-order valence-corrected chi connectivity index (χ1v) is 7.09. The highest BCUT2D eigenvalue weighted by Crippen LogP contribution is 2.16. The van der Waals surface area contributed by atoms with E-state index >= 15 is 0 Å². The van der Waals surface area contributed by atoms with E-state index in [0.717, 1.165) is 17.9 Å². The Hall–Kier alpha value is -2.35. The van der Waals surface area contributed by atoms with Gasteiger partial charge in [-0.3, -0.25) is 0 Å². The zero-order chi connectivity index (χ0) is 16.3. The molecule has 8 nitrogen and oxygen atoms in total. The van der Waals surface area contributed by atoms with Crippen LogP contribution < -0.4 is 10.2 Å². The Labute approximate surface area is 126 Å². The highest BCUT2D eigenvalue weighted by Gasteiger charge is 2.34. The molecule has 2 heterocycles. The van der Waals surface area contributed by atoms with Crippen molar-refractivity contribution < 1.29 is 34.6 Å². The van der Waals surface area contributed by atoms with E-state index in [1.54, 1.807) is 6.08 Å². The molecular formula is C14H19N2O6+. The molecule has 0 aromatic carbocycles. The maximum Gasteiger partial charge on any atom is 0.362 e. The van der Waals surface area contributed by atoms with Gasteiger partial charge in [0, 0.05) is 19.3 Å². The summed E-state index contributed by atoms with van der Waals surface area (Å²) in [7, 11) is 0. The van der Waals surface area contributed by atoms with Crippen molar-refractivity contribution in [3.63, 3.8) is 0 Å². The van der Waals surface area contributed by atoms with Gasteiger partial charge in [-0.2, -0.15) is 0 Å². The summed E-state index contributed by atoms with van der Waals surface area (Å²) in [5, 5.41) is 29.7. The summed E-state index contributed by atoms with van der Waals surface area (Å²) in [5.41, 5.74) is 0.447. The fraction of sp³-hybridized carbons (Fsp3) is 0.500. The Balaban J connectivity index is 2.11. The van der Waals surface area contributed by atoms with Gasteiger partial charge in [-0.05, 0) is 17.7 Å². The number of carboxylic acids is 3. The van der Waals surface area contributed by atoms with Gasteiger partial charge in [0.2, 0.25) is 0 Å². The molecule has 22 heavy (non-hydrogen) atoms. The van der Waals surface area contributed by atoms with Crippen molar-refractivity contribution in [3.05, 3.63) is 23.4 Å². The summed E-state index contributed by atoms with van der Waals surface area (Å²) >= 11 is 0.